The molecule has 0 aliphatic rings. The van der Waals surface area contributed by atoms with E-state index in [1.54, 1.807) is 18.2 Å². The van der Waals surface area contributed by atoms with Crippen LogP contribution in [0.25, 0.3) is 11.0 Å². The molecule has 94 valence electrons. The van der Waals surface area contributed by atoms with E-state index in [2.05, 4.69) is 14.2 Å². The maximum atomic E-state index is 11.3. The first-order valence-corrected chi connectivity index (χ1v) is 5.61. The highest BCUT2D eigenvalue weighted by Gasteiger charge is 2.15. The SMILES string of the molecule is COC(=O)Cc1ccc(OP)c2oc(C=O)cc12. The van der Waals surface area contributed by atoms with Gasteiger partial charge in [0.2, 0.25) is 0 Å². The molecule has 0 spiro atoms. The molecular formula is C12H11O5P. The molecule has 2 aromatic rings. The van der Waals surface area contributed by atoms with Gasteiger partial charge in [-0.25, -0.2) is 0 Å². The second-order valence-electron chi connectivity index (χ2n) is 3.60. The third kappa shape index (κ3) is 2.22. The Kier molecular flexibility index (Phi) is 3.63. The van der Waals surface area contributed by atoms with E-state index in [1.807, 2.05) is 0 Å². The molecule has 0 N–H and O–H groups in total. The Hall–Kier alpha value is -1.87. The molecule has 18 heavy (non-hydrogen) atoms. The van der Waals surface area contributed by atoms with E-state index < -0.39 is 0 Å². The smallest absolute Gasteiger partial charge is 0.310 e. The van der Waals surface area contributed by atoms with Crippen LogP contribution in [0.15, 0.2) is 22.6 Å². The first-order valence-electron chi connectivity index (χ1n) is 5.13. The van der Waals surface area contributed by atoms with Crippen LogP contribution in [-0.2, 0) is 16.0 Å². The Morgan fingerprint density at radius 2 is 2.28 bits per heavy atom. The summed E-state index contributed by atoms with van der Waals surface area (Å²) in [5.74, 6) is 0.312. The van der Waals surface area contributed by atoms with Crippen molar-refractivity contribution in [2.75, 3.05) is 7.11 Å². The predicted molar refractivity (Wildman–Crippen MR) is 67.7 cm³/mol. The lowest BCUT2D eigenvalue weighted by atomic mass is 10.1. The quantitative estimate of drug-likeness (QED) is 0.482. The summed E-state index contributed by atoms with van der Waals surface area (Å²) in [5, 5.41) is 0.669. The second kappa shape index (κ2) is 5.19. The molecule has 5 nitrogen and oxygen atoms in total. The number of ether oxygens (including phenoxy) is 1. The maximum absolute atomic E-state index is 11.3. The number of furan rings is 1. The summed E-state index contributed by atoms with van der Waals surface area (Å²) in [5.41, 5.74) is 1.16. The third-order valence-corrected chi connectivity index (χ3v) is 2.82. The van der Waals surface area contributed by atoms with E-state index in [1.165, 1.54) is 7.11 Å². The zero-order valence-electron chi connectivity index (χ0n) is 9.64. The fourth-order valence-corrected chi connectivity index (χ4v) is 1.89. The van der Waals surface area contributed by atoms with Crippen LogP contribution in [0, 0.1) is 0 Å². The zero-order chi connectivity index (χ0) is 13.1. The molecule has 0 fully saturated rings. The number of esters is 1. The lowest BCUT2D eigenvalue weighted by Crippen LogP contribution is -2.04. The van der Waals surface area contributed by atoms with Crippen molar-refractivity contribution < 1.29 is 23.3 Å². The van der Waals surface area contributed by atoms with E-state index in [9.17, 15) is 9.59 Å². The van der Waals surface area contributed by atoms with Gasteiger partial charge < -0.3 is 13.7 Å². The molecule has 1 atom stereocenters. The summed E-state index contributed by atoms with van der Waals surface area (Å²) in [6.45, 7) is 0. The fourth-order valence-electron chi connectivity index (χ4n) is 1.71. The Labute approximate surface area is 105 Å². The van der Waals surface area contributed by atoms with Crippen molar-refractivity contribution in [3.8, 4) is 5.75 Å². The minimum absolute atomic E-state index is 0.113. The van der Waals surface area contributed by atoms with Crippen LogP contribution >= 0.6 is 9.47 Å². The maximum Gasteiger partial charge on any atom is 0.310 e. The van der Waals surface area contributed by atoms with E-state index in [-0.39, 0.29) is 18.2 Å². The third-order valence-electron chi connectivity index (χ3n) is 2.56. The van der Waals surface area contributed by atoms with E-state index >= 15 is 0 Å². The topological polar surface area (TPSA) is 65.7 Å². The molecule has 1 heterocycles. The van der Waals surface area contributed by atoms with Crippen LogP contribution in [-0.4, -0.2) is 19.4 Å². The number of carbonyl (C=O) groups is 2. The summed E-state index contributed by atoms with van der Waals surface area (Å²) in [6.07, 6.45) is 0.719. The Morgan fingerprint density at radius 3 is 2.89 bits per heavy atom. The molecule has 0 saturated heterocycles. The number of hydrogen-bond acceptors (Lipinski definition) is 5. The van der Waals surface area contributed by atoms with Gasteiger partial charge in [0, 0.05) is 5.39 Å². The Balaban J connectivity index is 2.57. The number of benzene rings is 1. The summed E-state index contributed by atoms with van der Waals surface area (Å²) in [6, 6.07) is 4.99. The van der Waals surface area contributed by atoms with Gasteiger partial charge in [-0.2, -0.15) is 0 Å². The fraction of sp³-hybridized carbons (Fsp3) is 0.167. The van der Waals surface area contributed by atoms with Crippen molar-refractivity contribution in [1.29, 1.82) is 0 Å². The van der Waals surface area contributed by atoms with Gasteiger partial charge in [-0.15, -0.1) is 0 Å². The number of hydrogen-bond donors (Lipinski definition) is 0. The van der Waals surface area contributed by atoms with Crippen LogP contribution in [0.4, 0.5) is 0 Å². The highest BCUT2D eigenvalue weighted by Crippen LogP contribution is 2.32. The molecular weight excluding hydrogens is 255 g/mol. The van der Waals surface area contributed by atoms with E-state index in [4.69, 9.17) is 8.94 Å². The lowest BCUT2D eigenvalue weighted by molar-refractivity contribution is -0.139. The number of carbonyl (C=O) groups excluding carboxylic acids is 2. The highest BCUT2D eigenvalue weighted by atomic mass is 31.0. The van der Waals surface area contributed by atoms with Crippen molar-refractivity contribution in [2.24, 2.45) is 0 Å². The molecule has 1 aromatic carbocycles. The van der Waals surface area contributed by atoms with Crippen LogP contribution in [0.5, 0.6) is 5.75 Å². The molecule has 0 amide bonds. The van der Waals surface area contributed by atoms with Crippen molar-refractivity contribution in [3.63, 3.8) is 0 Å². The molecule has 0 radical (unpaired) electrons. The van der Waals surface area contributed by atoms with Gasteiger partial charge in [0.25, 0.3) is 0 Å². The molecule has 2 rings (SSSR count). The number of aldehydes is 1. The van der Waals surface area contributed by atoms with Gasteiger partial charge in [0.15, 0.2) is 23.4 Å². The van der Waals surface area contributed by atoms with Crippen LogP contribution in [0.2, 0.25) is 0 Å². The first kappa shape index (κ1) is 12.6. The van der Waals surface area contributed by atoms with E-state index in [0.29, 0.717) is 23.0 Å². The molecule has 0 saturated carbocycles. The van der Waals surface area contributed by atoms with Crippen molar-refractivity contribution in [2.45, 2.75) is 6.42 Å². The molecule has 0 aliphatic carbocycles. The average Bonchev–Trinajstić information content (AvgIpc) is 2.83. The minimum Gasteiger partial charge on any atom is -0.476 e. The minimum atomic E-state index is -0.357. The zero-order valence-corrected chi connectivity index (χ0v) is 10.8. The predicted octanol–water partition coefficient (Wildman–Crippen LogP) is 2.13. The number of fused-ring (bicyclic) bond motifs is 1. The monoisotopic (exact) mass is 266 g/mol. The van der Waals surface area contributed by atoms with E-state index in [0.717, 1.165) is 5.56 Å². The molecule has 0 bridgehead atoms. The summed E-state index contributed by atoms with van der Waals surface area (Å²) >= 11 is 0. The van der Waals surface area contributed by atoms with Gasteiger partial charge in [-0.05, 0) is 17.7 Å². The average molecular weight is 266 g/mol. The van der Waals surface area contributed by atoms with Gasteiger partial charge in [-0.1, -0.05) is 6.07 Å². The van der Waals surface area contributed by atoms with Gasteiger partial charge in [0.05, 0.1) is 23.0 Å². The van der Waals surface area contributed by atoms with Crippen LogP contribution < -0.4 is 4.52 Å². The van der Waals surface area contributed by atoms with Gasteiger partial charge in [0.1, 0.15) is 0 Å². The van der Waals surface area contributed by atoms with Crippen molar-refractivity contribution in [3.05, 3.63) is 29.5 Å². The molecule has 1 aromatic heterocycles. The Morgan fingerprint density at radius 1 is 1.50 bits per heavy atom. The molecule has 6 heteroatoms. The summed E-state index contributed by atoms with van der Waals surface area (Å²) < 4.78 is 15.0. The van der Waals surface area contributed by atoms with Crippen molar-refractivity contribution in [1.82, 2.24) is 0 Å². The lowest BCUT2D eigenvalue weighted by Gasteiger charge is -2.04. The van der Waals surface area contributed by atoms with Crippen molar-refractivity contribution >= 4 is 32.7 Å². The summed E-state index contributed by atoms with van der Waals surface area (Å²) in [7, 11) is 3.44. The van der Waals surface area contributed by atoms with Gasteiger partial charge in [-0.3, -0.25) is 9.59 Å². The van der Waals surface area contributed by atoms with Crippen LogP contribution in [0.1, 0.15) is 16.1 Å². The normalized spacial score (nSPS) is 10.3. The summed E-state index contributed by atoms with van der Waals surface area (Å²) in [4.78, 5) is 22.0. The Bertz CT molecular complexity index is 602. The first-order chi connectivity index (χ1) is 8.69. The number of methoxy groups -OCH3 is 1. The van der Waals surface area contributed by atoms with Gasteiger partial charge >= 0.3 is 5.97 Å². The molecule has 1 unspecified atom stereocenters. The van der Waals surface area contributed by atoms with Crippen LogP contribution in [0.3, 0.4) is 0 Å². The number of rotatable bonds is 4. The second-order valence-corrected chi connectivity index (χ2v) is 3.84. The standard InChI is InChI=1S/C12H11O5P/c1-15-11(14)4-7-2-3-10(17-18)12-9(7)5-8(6-13)16-12/h2-3,5-6H,4,18H2,1H3. The molecule has 0 aliphatic heterocycles. The largest absolute Gasteiger partial charge is 0.476 e. The highest BCUT2D eigenvalue weighted by molar-refractivity contribution is 7.10.